The van der Waals surface area contributed by atoms with Gasteiger partial charge < -0.3 is 5.11 Å². The highest BCUT2D eigenvalue weighted by molar-refractivity contribution is 5.46. The van der Waals surface area contributed by atoms with Gasteiger partial charge in [0.05, 0.1) is 23.8 Å². The SMILES string of the molecule is Cc1cc(C#N)c(CO)c(C(F)(F)F)c1. The predicted octanol–water partition coefficient (Wildman–Crippen LogP) is 2.38. The minimum Gasteiger partial charge on any atom is -0.392 e. The van der Waals surface area contributed by atoms with Gasteiger partial charge in [0.15, 0.2) is 0 Å². The number of aliphatic hydroxyl groups is 1. The fourth-order valence-electron chi connectivity index (χ4n) is 1.34. The molecule has 1 N–H and O–H groups in total. The van der Waals surface area contributed by atoms with Crippen molar-refractivity contribution >= 4 is 0 Å². The standard InChI is InChI=1S/C10H8F3NO/c1-6-2-7(4-14)8(5-15)9(3-6)10(11,12)13/h2-3,15H,5H2,1H3. The minimum absolute atomic E-state index is 0.134. The molecule has 1 aromatic carbocycles. The summed E-state index contributed by atoms with van der Waals surface area (Å²) >= 11 is 0. The summed E-state index contributed by atoms with van der Waals surface area (Å²) in [7, 11) is 0. The topological polar surface area (TPSA) is 44.0 Å². The number of hydrogen-bond acceptors (Lipinski definition) is 2. The Morgan fingerprint density at radius 3 is 2.40 bits per heavy atom. The maximum atomic E-state index is 12.5. The molecule has 0 heterocycles. The van der Waals surface area contributed by atoms with Crippen molar-refractivity contribution in [1.29, 1.82) is 5.26 Å². The lowest BCUT2D eigenvalue weighted by Crippen LogP contribution is -2.11. The van der Waals surface area contributed by atoms with Crippen molar-refractivity contribution in [3.8, 4) is 6.07 Å². The van der Waals surface area contributed by atoms with Crippen molar-refractivity contribution in [1.82, 2.24) is 0 Å². The molecule has 0 aliphatic heterocycles. The number of halogens is 3. The smallest absolute Gasteiger partial charge is 0.392 e. The van der Waals surface area contributed by atoms with Gasteiger partial charge in [-0.05, 0) is 24.6 Å². The number of nitriles is 1. The first-order valence-corrected chi connectivity index (χ1v) is 4.12. The van der Waals surface area contributed by atoms with Gasteiger partial charge in [0, 0.05) is 5.56 Å². The van der Waals surface area contributed by atoms with Gasteiger partial charge in [-0.2, -0.15) is 18.4 Å². The Morgan fingerprint density at radius 1 is 1.40 bits per heavy atom. The molecule has 1 aromatic rings. The van der Waals surface area contributed by atoms with Crippen molar-refractivity contribution in [2.75, 3.05) is 0 Å². The summed E-state index contributed by atoms with van der Waals surface area (Å²) in [6.07, 6.45) is -4.55. The van der Waals surface area contributed by atoms with Gasteiger partial charge in [0.25, 0.3) is 0 Å². The van der Waals surface area contributed by atoms with Crippen LogP contribution in [0.1, 0.15) is 22.3 Å². The summed E-state index contributed by atoms with van der Waals surface area (Å²) in [6, 6.07) is 3.88. The number of hydrogen-bond donors (Lipinski definition) is 1. The summed E-state index contributed by atoms with van der Waals surface area (Å²) in [4.78, 5) is 0. The third kappa shape index (κ3) is 2.28. The van der Waals surface area contributed by atoms with Crippen LogP contribution in [0.2, 0.25) is 0 Å². The Labute approximate surface area is 84.6 Å². The monoisotopic (exact) mass is 215 g/mol. The second kappa shape index (κ2) is 3.91. The van der Waals surface area contributed by atoms with E-state index < -0.39 is 18.3 Å². The molecular formula is C10H8F3NO. The molecule has 0 aliphatic rings. The predicted molar refractivity (Wildman–Crippen MR) is 46.8 cm³/mol. The Hall–Kier alpha value is -1.54. The van der Waals surface area contributed by atoms with E-state index in [1.807, 2.05) is 0 Å². The highest BCUT2D eigenvalue weighted by atomic mass is 19.4. The first kappa shape index (κ1) is 11.5. The van der Waals surface area contributed by atoms with Crippen LogP contribution in [0.5, 0.6) is 0 Å². The van der Waals surface area contributed by atoms with Crippen LogP contribution in [0.4, 0.5) is 13.2 Å². The Bertz CT molecular complexity index is 418. The maximum Gasteiger partial charge on any atom is 0.416 e. The molecule has 2 nitrogen and oxygen atoms in total. The number of aryl methyl sites for hydroxylation is 1. The highest BCUT2D eigenvalue weighted by Gasteiger charge is 2.34. The number of benzene rings is 1. The van der Waals surface area contributed by atoms with E-state index in [0.717, 1.165) is 6.07 Å². The van der Waals surface area contributed by atoms with E-state index >= 15 is 0 Å². The van der Waals surface area contributed by atoms with E-state index in [4.69, 9.17) is 10.4 Å². The fourth-order valence-corrected chi connectivity index (χ4v) is 1.34. The number of rotatable bonds is 1. The molecule has 0 amide bonds. The van der Waals surface area contributed by atoms with Crippen LogP contribution < -0.4 is 0 Å². The number of alkyl halides is 3. The van der Waals surface area contributed by atoms with Gasteiger partial charge >= 0.3 is 6.18 Å². The molecule has 15 heavy (non-hydrogen) atoms. The first-order valence-electron chi connectivity index (χ1n) is 4.12. The fraction of sp³-hybridized carbons (Fsp3) is 0.300. The van der Waals surface area contributed by atoms with Gasteiger partial charge in [-0.1, -0.05) is 0 Å². The number of nitrogens with zero attached hydrogens (tertiary/aromatic N) is 1. The zero-order valence-electron chi connectivity index (χ0n) is 7.89. The summed E-state index contributed by atoms with van der Waals surface area (Å²) in [6.45, 7) is 0.676. The summed E-state index contributed by atoms with van der Waals surface area (Å²) < 4.78 is 37.5. The molecule has 0 fully saturated rings. The highest BCUT2D eigenvalue weighted by Crippen LogP contribution is 2.34. The van der Waals surface area contributed by atoms with Crippen molar-refractivity contribution in [3.63, 3.8) is 0 Å². The van der Waals surface area contributed by atoms with Crippen LogP contribution in [0.15, 0.2) is 12.1 Å². The second-order valence-corrected chi connectivity index (χ2v) is 3.11. The molecular weight excluding hydrogens is 207 g/mol. The van der Waals surface area contributed by atoms with Crippen LogP contribution in [0.25, 0.3) is 0 Å². The third-order valence-electron chi connectivity index (χ3n) is 1.98. The van der Waals surface area contributed by atoms with E-state index in [1.165, 1.54) is 13.0 Å². The zero-order chi connectivity index (χ0) is 11.6. The van der Waals surface area contributed by atoms with Gasteiger partial charge in [-0.15, -0.1) is 0 Å². The normalized spacial score (nSPS) is 11.2. The molecule has 80 valence electrons. The third-order valence-corrected chi connectivity index (χ3v) is 1.98. The molecule has 0 saturated heterocycles. The quantitative estimate of drug-likeness (QED) is 0.781. The molecule has 5 heteroatoms. The van der Waals surface area contributed by atoms with Gasteiger partial charge in [0.2, 0.25) is 0 Å². The van der Waals surface area contributed by atoms with Gasteiger partial charge in [-0.3, -0.25) is 0 Å². The lowest BCUT2D eigenvalue weighted by molar-refractivity contribution is -0.138. The average Bonchev–Trinajstić information content (AvgIpc) is 2.15. The van der Waals surface area contributed by atoms with E-state index in [1.54, 1.807) is 6.07 Å². The average molecular weight is 215 g/mol. The summed E-state index contributed by atoms with van der Waals surface area (Å²) in [5.74, 6) is 0. The lowest BCUT2D eigenvalue weighted by Gasteiger charge is -2.13. The number of aliphatic hydroxyl groups excluding tert-OH is 1. The Balaban J connectivity index is 3.51. The van der Waals surface area contributed by atoms with Crippen molar-refractivity contribution in [3.05, 3.63) is 34.4 Å². The van der Waals surface area contributed by atoms with Crippen molar-refractivity contribution < 1.29 is 18.3 Å². The lowest BCUT2D eigenvalue weighted by atomic mass is 9.99. The van der Waals surface area contributed by atoms with E-state index in [9.17, 15) is 13.2 Å². The van der Waals surface area contributed by atoms with Crippen LogP contribution in [0.3, 0.4) is 0 Å². The van der Waals surface area contributed by atoms with E-state index in [2.05, 4.69) is 0 Å². The van der Waals surface area contributed by atoms with E-state index in [-0.39, 0.29) is 11.1 Å². The van der Waals surface area contributed by atoms with Crippen molar-refractivity contribution in [2.45, 2.75) is 19.7 Å². The van der Waals surface area contributed by atoms with Gasteiger partial charge in [0.1, 0.15) is 0 Å². The van der Waals surface area contributed by atoms with Crippen molar-refractivity contribution in [2.24, 2.45) is 0 Å². The maximum absolute atomic E-state index is 12.5. The van der Waals surface area contributed by atoms with Crippen LogP contribution in [0, 0.1) is 18.3 Å². The van der Waals surface area contributed by atoms with Crippen LogP contribution in [-0.4, -0.2) is 5.11 Å². The molecule has 0 aromatic heterocycles. The van der Waals surface area contributed by atoms with E-state index in [0.29, 0.717) is 5.56 Å². The molecule has 1 rings (SSSR count). The Morgan fingerprint density at radius 2 is 2.00 bits per heavy atom. The molecule has 0 unspecified atom stereocenters. The summed E-state index contributed by atoms with van der Waals surface area (Å²) in [5.41, 5.74) is -1.10. The Kier molecular flexibility index (Phi) is 3.01. The summed E-state index contributed by atoms with van der Waals surface area (Å²) in [5, 5.41) is 17.5. The van der Waals surface area contributed by atoms with Crippen LogP contribution in [-0.2, 0) is 12.8 Å². The first-order chi connectivity index (χ1) is 6.90. The zero-order valence-corrected chi connectivity index (χ0v) is 7.89. The molecule has 0 saturated carbocycles. The molecule has 0 spiro atoms. The second-order valence-electron chi connectivity index (χ2n) is 3.11. The minimum atomic E-state index is -4.55. The molecule has 0 bridgehead atoms. The molecule has 0 radical (unpaired) electrons. The van der Waals surface area contributed by atoms with Crippen LogP contribution >= 0.6 is 0 Å². The largest absolute Gasteiger partial charge is 0.416 e. The van der Waals surface area contributed by atoms with Gasteiger partial charge in [-0.25, -0.2) is 0 Å². The molecule has 0 aliphatic carbocycles. The molecule has 0 atom stereocenters.